The van der Waals surface area contributed by atoms with E-state index in [1.165, 1.54) is 0 Å². The van der Waals surface area contributed by atoms with Gasteiger partial charge in [0.2, 0.25) is 5.89 Å². The van der Waals surface area contributed by atoms with Crippen molar-refractivity contribution in [2.75, 3.05) is 38.0 Å². The number of para-hydroxylation sites is 2. The van der Waals surface area contributed by atoms with Crippen molar-refractivity contribution in [2.45, 2.75) is 0 Å². The van der Waals surface area contributed by atoms with Crippen LogP contribution in [-0.4, -0.2) is 33.2 Å². The minimum Gasteiger partial charge on any atom is -0.457 e. The molecule has 1 aliphatic rings. The van der Waals surface area contributed by atoms with E-state index in [2.05, 4.69) is 69.4 Å². The largest absolute Gasteiger partial charge is 0.457 e. The van der Waals surface area contributed by atoms with Gasteiger partial charge in [0, 0.05) is 45.1 Å². The first-order valence-corrected chi connectivity index (χ1v) is 12.9. The van der Waals surface area contributed by atoms with Crippen LogP contribution in [-0.2, 0) is 4.74 Å². The Morgan fingerprint density at radius 3 is 1.73 bits per heavy atom. The Morgan fingerprint density at radius 2 is 1.25 bits per heavy atom. The summed E-state index contributed by atoms with van der Waals surface area (Å²) in [6, 6.07) is 26.3. The van der Waals surface area contributed by atoms with Gasteiger partial charge in [0.25, 0.3) is 0 Å². The van der Waals surface area contributed by atoms with Crippen LogP contribution in [0.15, 0.2) is 119 Å². The van der Waals surface area contributed by atoms with Crippen LogP contribution in [0.5, 0.6) is 0 Å². The first-order chi connectivity index (χ1) is 19.4. The highest BCUT2D eigenvalue weighted by atomic mass is 16.5. The highest BCUT2D eigenvalue weighted by molar-refractivity contribution is 5.84. The maximum absolute atomic E-state index is 10.1. The number of nitrogens with zero attached hydrogens (tertiary/aromatic N) is 4. The zero-order valence-electron chi connectivity index (χ0n) is 23.0. The molecule has 0 N–H and O–H groups in total. The van der Waals surface area contributed by atoms with E-state index in [-0.39, 0.29) is 5.89 Å². The third kappa shape index (κ3) is 6.06. The molecule has 0 saturated carbocycles. The highest BCUT2D eigenvalue weighted by Crippen LogP contribution is 2.30. The number of ether oxygens (including phenoxy) is 1. The summed E-state index contributed by atoms with van der Waals surface area (Å²) >= 11 is 0. The molecule has 0 radical (unpaired) electrons. The predicted octanol–water partition coefficient (Wildman–Crippen LogP) is 7.46. The SMILES string of the molecule is CN(C)c1ccc(C=CC2=CC(=C(C#N)c3nc4ccccc4o3)C=C(C=Cc3ccc(N(C)C)cc3)O2)cc1. The molecule has 3 aromatic carbocycles. The van der Waals surface area contributed by atoms with E-state index in [9.17, 15) is 5.26 Å². The Labute approximate surface area is 234 Å². The summed E-state index contributed by atoms with van der Waals surface area (Å²) in [5.41, 5.74) is 6.65. The van der Waals surface area contributed by atoms with Crippen molar-refractivity contribution < 1.29 is 9.15 Å². The summed E-state index contributed by atoms with van der Waals surface area (Å²) in [4.78, 5) is 8.67. The zero-order chi connectivity index (χ0) is 28.1. The third-order valence-electron chi connectivity index (χ3n) is 6.44. The number of hydrogen-bond acceptors (Lipinski definition) is 6. The maximum Gasteiger partial charge on any atom is 0.238 e. The molecule has 0 atom stereocenters. The summed E-state index contributed by atoms with van der Waals surface area (Å²) in [5.74, 6) is 1.47. The molecule has 0 bridgehead atoms. The Balaban J connectivity index is 1.51. The molecular weight excluding hydrogens is 496 g/mol. The van der Waals surface area contributed by atoms with E-state index in [1.54, 1.807) is 0 Å². The summed E-state index contributed by atoms with van der Waals surface area (Å²) < 4.78 is 12.1. The lowest BCUT2D eigenvalue weighted by Gasteiger charge is -2.15. The van der Waals surface area contributed by atoms with Crippen molar-refractivity contribution in [3.8, 4) is 6.07 Å². The van der Waals surface area contributed by atoms with Gasteiger partial charge in [-0.3, -0.25) is 0 Å². The van der Waals surface area contributed by atoms with Crippen LogP contribution in [0, 0.1) is 11.3 Å². The Hall–Kier alpha value is -5.28. The van der Waals surface area contributed by atoms with Crippen LogP contribution < -0.4 is 9.80 Å². The van der Waals surface area contributed by atoms with Gasteiger partial charge in [-0.1, -0.05) is 48.6 Å². The quantitative estimate of drug-likeness (QED) is 0.233. The van der Waals surface area contributed by atoms with E-state index >= 15 is 0 Å². The topological polar surface area (TPSA) is 65.5 Å². The van der Waals surface area contributed by atoms with E-state index < -0.39 is 0 Å². The fraction of sp³-hybridized carbons (Fsp3) is 0.118. The fourth-order valence-electron chi connectivity index (χ4n) is 4.19. The van der Waals surface area contributed by atoms with E-state index in [0.717, 1.165) is 22.5 Å². The number of rotatable bonds is 7. The lowest BCUT2D eigenvalue weighted by atomic mass is 10.0. The monoisotopic (exact) mass is 526 g/mol. The molecule has 0 unspecified atom stereocenters. The van der Waals surface area contributed by atoms with Gasteiger partial charge in [-0.15, -0.1) is 0 Å². The molecule has 198 valence electrons. The van der Waals surface area contributed by atoms with Crippen LogP contribution in [0.1, 0.15) is 17.0 Å². The number of allylic oxidation sites excluding steroid dienone is 6. The normalized spacial score (nSPS) is 13.2. The van der Waals surface area contributed by atoms with Crippen molar-refractivity contribution in [3.05, 3.63) is 131 Å². The lowest BCUT2D eigenvalue weighted by molar-refractivity contribution is 0.332. The molecule has 4 aromatic rings. The number of hydrogen-bond donors (Lipinski definition) is 0. The van der Waals surface area contributed by atoms with Gasteiger partial charge in [0.1, 0.15) is 28.7 Å². The Bertz CT molecular complexity index is 1600. The highest BCUT2D eigenvalue weighted by Gasteiger charge is 2.18. The molecule has 0 spiro atoms. The smallest absolute Gasteiger partial charge is 0.238 e. The van der Waals surface area contributed by atoms with Crippen molar-refractivity contribution >= 4 is 40.2 Å². The summed E-state index contributed by atoms with van der Waals surface area (Å²) in [7, 11) is 8.06. The molecule has 5 rings (SSSR count). The molecule has 6 nitrogen and oxygen atoms in total. The number of fused-ring (bicyclic) bond motifs is 1. The molecule has 6 heteroatoms. The van der Waals surface area contributed by atoms with Gasteiger partial charge in [0.05, 0.1) is 0 Å². The average molecular weight is 527 g/mol. The van der Waals surface area contributed by atoms with E-state index in [0.29, 0.717) is 33.8 Å². The summed E-state index contributed by atoms with van der Waals surface area (Å²) in [5, 5.41) is 10.1. The second-order valence-corrected chi connectivity index (χ2v) is 9.76. The predicted molar refractivity (Wildman–Crippen MR) is 163 cm³/mol. The molecule has 1 aromatic heterocycles. The summed E-state index contributed by atoms with van der Waals surface area (Å²) in [6.07, 6.45) is 11.4. The molecule has 0 saturated heterocycles. The molecule has 0 amide bonds. The lowest BCUT2D eigenvalue weighted by Crippen LogP contribution is -2.07. The van der Waals surface area contributed by atoms with Gasteiger partial charge in [0.15, 0.2) is 5.58 Å². The van der Waals surface area contributed by atoms with Crippen molar-refractivity contribution in [2.24, 2.45) is 0 Å². The number of anilines is 2. The summed E-state index contributed by atoms with van der Waals surface area (Å²) in [6.45, 7) is 0. The minimum atomic E-state index is 0.276. The fourth-order valence-corrected chi connectivity index (χ4v) is 4.19. The van der Waals surface area contributed by atoms with Crippen molar-refractivity contribution in [1.29, 1.82) is 5.26 Å². The van der Waals surface area contributed by atoms with Crippen molar-refractivity contribution in [3.63, 3.8) is 0 Å². The van der Waals surface area contributed by atoms with Crippen LogP contribution >= 0.6 is 0 Å². The average Bonchev–Trinajstić information content (AvgIpc) is 3.39. The van der Waals surface area contributed by atoms with Gasteiger partial charge in [-0.25, -0.2) is 4.98 Å². The zero-order valence-corrected chi connectivity index (χ0v) is 23.0. The molecule has 2 heterocycles. The van der Waals surface area contributed by atoms with Gasteiger partial charge >= 0.3 is 0 Å². The van der Waals surface area contributed by atoms with Gasteiger partial charge in [-0.05, 0) is 71.8 Å². The second-order valence-electron chi connectivity index (χ2n) is 9.76. The molecule has 0 fully saturated rings. The second kappa shape index (κ2) is 11.6. The van der Waals surface area contributed by atoms with Crippen LogP contribution in [0.25, 0.3) is 28.8 Å². The number of benzene rings is 3. The van der Waals surface area contributed by atoms with Crippen LogP contribution in [0.2, 0.25) is 0 Å². The Morgan fingerprint density at radius 1 is 0.725 bits per heavy atom. The number of aromatic nitrogens is 1. The van der Waals surface area contributed by atoms with E-state index in [1.807, 2.05) is 88.9 Å². The van der Waals surface area contributed by atoms with Gasteiger partial charge < -0.3 is 19.0 Å². The van der Waals surface area contributed by atoms with Crippen LogP contribution in [0.4, 0.5) is 11.4 Å². The number of nitriles is 1. The van der Waals surface area contributed by atoms with Crippen molar-refractivity contribution in [1.82, 2.24) is 4.98 Å². The number of oxazole rings is 1. The first-order valence-electron chi connectivity index (χ1n) is 12.9. The molecule has 1 aliphatic heterocycles. The Kier molecular flexibility index (Phi) is 7.65. The van der Waals surface area contributed by atoms with E-state index in [4.69, 9.17) is 9.15 Å². The molecular formula is C34H30N4O2. The first kappa shape index (κ1) is 26.3. The minimum absolute atomic E-state index is 0.276. The standard InChI is InChI=1S/C34H30N4O2/c1-37(2)27-15-9-24(10-16-27)13-19-29-21-26(31(23-35)34-36-32-7-5-6-8-33(32)40-34)22-30(39-29)20-14-25-11-17-28(18-12-25)38(3)4/h5-22H,1-4H3. The maximum atomic E-state index is 10.1. The molecule has 40 heavy (non-hydrogen) atoms. The molecule has 0 aliphatic carbocycles. The van der Waals surface area contributed by atoms with Crippen LogP contribution in [0.3, 0.4) is 0 Å². The third-order valence-corrected chi connectivity index (χ3v) is 6.44. The van der Waals surface area contributed by atoms with Gasteiger partial charge in [-0.2, -0.15) is 5.26 Å².